The number of non-ortho nitro benzene ring substituents is 1. The van der Waals surface area contributed by atoms with Gasteiger partial charge in [-0.2, -0.15) is 4.99 Å². The highest BCUT2D eigenvalue weighted by Crippen LogP contribution is 2.23. The maximum absolute atomic E-state index is 12.5. The number of carbonyl (C=O) groups is 1. The number of nitro groups is 1. The number of fused-ring (bicyclic) bond motifs is 1. The molecule has 0 radical (unpaired) electrons. The van der Waals surface area contributed by atoms with Crippen molar-refractivity contribution in [3.8, 4) is 5.75 Å². The van der Waals surface area contributed by atoms with Gasteiger partial charge in [0.25, 0.3) is 5.69 Å². The van der Waals surface area contributed by atoms with Crippen LogP contribution < -0.4 is 9.54 Å². The Bertz CT molecular complexity index is 1310. The van der Waals surface area contributed by atoms with Crippen LogP contribution in [0.1, 0.15) is 6.42 Å². The number of methoxy groups -OCH3 is 2. The number of sulfone groups is 1. The SMILES string of the molecule is COCCn1c(=NC(=O)CCS(=O)(=O)c2ccc(OC)cc2)sc2cc([N+](=O)[O-])ccc21. The minimum atomic E-state index is -3.67. The predicted octanol–water partition coefficient (Wildman–Crippen LogP) is 2.56. The monoisotopic (exact) mass is 479 g/mol. The van der Waals surface area contributed by atoms with Gasteiger partial charge in [-0.15, -0.1) is 0 Å². The van der Waals surface area contributed by atoms with Crippen LogP contribution in [0.4, 0.5) is 5.69 Å². The van der Waals surface area contributed by atoms with Crippen LogP contribution in [0.15, 0.2) is 52.4 Å². The number of hydrogen-bond donors (Lipinski definition) is 0. The summed E-state index contributed by atoms with van der Waals surface area (Å²) in [5, 5.41) is 11.1. The molecule has 2 aromatic carbocycles. The van der Waals surface area contributed by atoms with Gasteiger partial charge in [0.2, 0.25) is 5.91 Å². The predicted molar refractivity (Wildman–Crippen MR) is 119 cm³/mol. The first kappa shape index (κ1) is 23.6. The van der Waals surface area contributed by atoms with Crippen LogP contribution in [0.2, 0.25) is 0 Å². The van der Waals surface area contributed by atoms with E-state index in [1.807, 2.05) is 0 Å². The smallest absolute Gasteiger partial charge is 0.270 e. The van der Waals surface area contributed by atoms with Crippen LogP contribution in [-0.2, 0) is 25.9 Å². The average Bonchev–Trinajstić information content (AvgIpc) is 3.12. The van der Waals surface area contributed by atoms with Crippen LogP contribution in [0.25, 0.3) is 10.2 Å². The Balaban J connectivity index is 1.86. The Kier molecular flexibility index (Phi) is 7.38. The van der Waals surface area contributed by atoms with Crippen molar-refractivity contribution < 1.29 is 27.6 Å². The lowest BCUT2D eigenvalue weighted by Gasteiger charge is -2.05. The van der Waals surface area contributed by atoms with Gasteiger partial charge in [0.15, 0.2) is 14.6 Å². The van der Waals surface area contributed by atoms with Gasteiger partial charge in [0.1, 0.15) is 5.75 Å². The highest BCUT2D eigenvalue weighted by molar-refractivity contribution is 7.91. The van der Waals surface area contributed by atoms with E-state index in [9.17, 15) is 23.3 Å². The molecule has 32 heavy (non-hydrogen) atoms. The molecule has 0 saturated carbocycles. The highest BCUT2D eigenvalue weighted by atomic mass is 32.2. The molecule has 3 rings (SSSR count). The van der Waals surface area contributed by atoms with E-state index in [1.54, 1.807) is 10.6 Å². The molecule has 1 aromatic heterocycles. The molecule has 0 unspecified atom stereocenters. The Labute approximate surface area is 187 Å². The number of carbonyl (C=O) groups excluding carboxylic acids is 1. The van der Waals surface area contributed by atoms with Crippen LogP contribution in [0.3, 0.4) is 0 Å². The molecule has 170 valence electrons. The minimum Gasteiger partial charge on any atom is -0.497 e. The van der Waals surface area contributed by atoms with E-state index in [0.29, 0.717) is 33.9 Å². The summed E-state index contributed by atoms with van der Waals surface area (Å²) in [6, 6.07) is 10.3. The van der Waals surface area contributed by atoms with Gasteiger partial charge in [-0.25, -0.2) is 8.42 Å². The number of ether oxygens (including phenoxy) is 2. The van der Waals surface area contributed by atoms with Crippen molar-refractivity contribution in [1.82, 2.24) is 4.57 Å². The molecular formula is C20H21N3O7S2. The van der Waals surface area contributed by atoms with Gasteiger partial charge in [-0.1, -0.05) is 11.3 Å². The van der Waals surface area contributed by atoms with Crippen molar-refractivity contribution in [2.24, 2.45) is 4.99 Å². The molecule has 0 atom stereocenters. The Morgan fingerprint density at radius 3 is 2.53 bits per heavy atom. The van der Waals surface area contributed by atoms with E-state index in [0.717, 1.165) is 11.3 Å². The molecule has 1 heterocycles. The van der Waals surface area contributed by atoms with Gasteiger partial charge in [0.05, 0.1) is 39.5 Å². The molecule has 0 N–H and O–H groups in total. The molecule has 3 aromatic rings. The Morgan fingerprint density at radius 1 is 1.19 bits per heavy atom. The third kappa shape index (κ3) is 5.39. The van der Waals surface area contributed by atoms with Gasteiger partial charge in [0, 0.05) is 32.2 Å². The van der Waals surface area contributed by atoms with E-state index in [4.69, 9.17) is 9.47 Å². The van der Waals surface area contributed by atoms with Crippen molar-refractivity contribution in [2.45, 2.75) is 17.9 Å². The first-order valence-corrected chi connectivity index (χ1v) is 11.9. The largest absolute Gasteiger partial charge is 0.497 e. The molecule has 0 fully saturated rings. The van der Waals surface area contributed by atoms with Crippen LogP contribution in [0, 0.1) is 10.1 Å². The standard InChI is InChI=1S/C20H21N3O7S2/c1-29-11-10-22-17-8-3-14(23(25)26)13-18(17)31-20(22)21-19(24)9-12-32(27,28)16-6-4-15(30-2)5-7-16/h3-8,13H,9-12H2,1-2H3. The van der Waals surface area contributed by atoms with Gasteiger partial charge in [-0.3, -0.25) is 14.9 Å². The fourth-order valence-electron chi connectivity index (χ4n) is 2.94. The highest BCUT2D eigenvalue weighted by Gasteiger charge is 2.17. The number of rotatable bonds is 9. The molecule has 0 aliphatic carbocycles. The van der Waals surface area contributed by atoms with Crippen molar-refractivity contribution >= 4 is 43.0 Å². The molecule has 12 heteroatoms. The number of hydrogen-bond acceptors (Lipinski definition) is 8. The normalized spacial score (nSPS) is 12.2. The zero-order chi connectivity index (χ0) is 23.3. The zero-order valence-corrected chi connectivity index (χ0v) is 19.0. The lowest BCUT2D eigenvalue weighted by Crippen LogP contribution is -2.20. The Hall–Kier alpha value is -3.09. The second-order valence-electron chi connectivity index (χ2n) is 6.69. The van der Waals surface area contributed by atoms with Gasteiger partial charge < -0.3 is 14.0 Å². The summed E-state index contributed by atoms with van der Waals surface area (Å²) in [6.45, 7) is 0.723. The number of amides is 1. The first-order valence-electron chi connectivity index (χ1n) is 9.46. The average molecular weight is 480 g/mol. The lowest BCUT2D eigenvalue weighted by molar-refractivity contribution is -0.384. The topological polar surface area (TPSA) is 130 Å². The van der Waals surface area contributed by atoms with E-state index in [2.05, 4.69) is 4.99 Å². The molecule has 0 aliphatic rings. The second kappa shape index (κ2) is 10.0. The number of aromatic nitrogens is 1. The fraction of sp³-hybridized carbons (Fsp3) is 0.300. The molecular weight excluding hydrogens is 458 g/mol. The third-order valence-electron chi connectivity index (χ3n) is 4.62. The summed E-state index contributed by atoms with van der Waals surface area (Å²) in [6.07, 6.45) is -0.299. The number of benzene rings is 2. The maximum Gasteiger partial charge on any atom is 0.270 e. The number of nitrogens with zero attached hydrogens (tertiary/aromatic N) is 3. The third-order valence-corrected chi connectivity index (χ3v) is 7.39. The van der Waals surface area contributed by atoms with E-state index in [-0.39, 0.29) is 17.0 Å². The maximum atomic E-state index is 12.5. The zero-order valence-electron chi connectivity index (χ0n) is 17.4. The molecule has 0 saturated heterocycles. The summed E-state index contributed by atoms with van der Waals surface area (Å²) in [5.74, 6) is -0.467. The summed E-state index contributed by atoms with van der Waals surface area (Å²) in [4.78, 5) is 27.5. The van der Waals surface area contributed by atoms with E-state index < -0.39 is 26.4 Å². The van der Waals surface area contributed by atoms with Crippen molar-refractivity contribution in [3.63, 3.8) is 0 Å². The molecule has 0 aliphatic heterocycles. The van der Waals surface area contributed by atoms with Crippen LogP contribution >= 0.6 is 11.3 Å². The summed E-state index contributed by atoms with van der Waals surface area (Å²) in [7, 11) is -0.657. The number of nitro benzene ring substituents is 1. The minimum absolute atomic E-state index is 0.0684. The van der Waals surface area contributed by atoms with E-state index >= 15 is 0 Å². The van der Waals surface area contributed by atoms with Crippen LogP contribution in [-0.4, -0.2) is 50.4 Å². The first-order chi connectivity index (χ1) is 15.2. The fourth-order valence-corrected chi connectivity index (χ4v) is 5.28. The Morgan fingerprint density at radius 2 is 1.91 bits per heavy atom. The summed E-state index contributed by atoms with van der Waals surface area (Å²) < 4.78 is 37.5. The van der Waals surface area contributed by atoms with Gasteiger partial charge in [-0.05, 0) is 30.3 Å². The molecule has 10 nitrogen and oxygen atoms in total. The quantitative estimate of drug-likeness (QED) is 0.340. The van der Waals surface area contributed by atoms with Crippen LogP contribution in [0.5, 0.6) is 5.75 Å². The van der Waals surface area contributed by atoms with Crippen molar-refractivity contribution in [1.29, 1.82) is 0 Å². The summed E-state index contributed by atoms with van der Waals surface area (Å²) in [5.41, 5.74) is 0.608. The number of thiazole rings is 1. The molecule has 0 spiro atoms. The second-order valence-corrected chi connectivity index (χ2v) is 9.81. The molecule has 0 bridgehead atoms. The lowest BCUT2D eigenvalue weighted by atomic mass is 10.3. The van der Waals surface area contributed by atoms with Gasteiger partial charge >= 0.3 is 0 Å². The molecule has 1 amide bonds. The van der Waals surface area contributed by atoms with Crippen molar-refractivity contribution in [2.75, 3.05) is 26.6 Å². The summed E-state index contributed by atoms with van der Waals surface area (Å²) >= 11 is 1.12. The van der Waals surface area contributed by atoms with E-state index in [1.165, 1.54) is 50.6 Å². The van der Waals surface area contributed by atoms with Crippen molar-refractivity contribution in [3.05, 3.63) is 57.4 Å².